The van der Waals surface area contributed by atoms with Crippen molar-refractivity contribution < 1.29 is 19.1 Å². The lowest BCUT2D eigenvalue weighted by Gasteiger charge is -2.26. The van der Waals surface area contributed by atoms with Crippen LogP contribution in [0.5, 0.6) is 0 Å². The molecule has 0 spiro atoms. The summed E-state index contributed by atoms with van der Waals surface area (Å²) < 4.78 is 13.1. The summed E-state index contributed by atoms with van der Waals surface area (Å²) in [6.45, 7) is 3.45. The lowest BCUT2D eigenvalue weighted by molar-refractivity contribution is -0.146. The van der Waals surface area contributed by atoms with Gasteiger partial charge in [0.1, 0.15) is 16.2 Å². The van der Waals surface area contributed by atoms with Crippen molar-refractivity contribution in [2.24, 2.45) is 5.92 Å². The van der Waals surface area contributed by atoms with E-state index in [0.717, 1.165) is 16.7 Å². The summed E-state index contributed by atoms with van der Waals surface area (Å²) in [7, 11) is 0. The molecule has 1 saturated heterocycles. The highest BCUT2D eigenvalue weighted by Gasteiger charge is 2.41. The normalized spacial score (nSPS) is 18.4. The molecule has 116 valence electrons. The predicted octanol–water partition coefficient (Wildman–Crippen LogP) is 3.14. The first kappa shape index (κ1) is 16.6. The lowest BCUT2D eigenvalue weighted by Crippen LogP contribution is -2.47. The van der Waals surface area contributed by atoms with Crippen LogP contribution in [-0.2, 0) is 9.59 Å². The molecule has 0 saturated carbocycles. The maximum Gasteiger partial charge on any atom is 0.327 e. The van der Waals surface area contributed by atoms with Crippen LogP contribution >= 0.6 is 24.0 Å². The monoisotopic (exact) mass is 339 g/mol. The van der Waals surface area contributed by atoms with Gasteiger partial charge in [0.15, 0.2) is 0 Å². The van der Waals surface area contributed by atoms with Crippen molar-refractivity contribution in [1.82, 2.24) is 4.90 Å². The molecule has 1 aromatic carbocycles. The fourth-order valence-electron chi connectivity index (χ4n) is 2.12. The van der Waals surface area contributed by atoms with Gasteiger partial charge in [-0.1, -0.05) is 50.0 Å². The molecule has 1 unspecified atom stereocenters. The highest BCUT2D eigenvalue weighted by molar-refractivity contribution is 8.26. The molecule has 1 aromatic rings. The minimum atomic E-state index is -1.09. The molecule has 0 radical (unpaired) electrons. The van der Waals surface area contributed by atoms with Gasteiger partial charge in [-0.25, -0.2) is 9.18 Å². The highest BCUT2D eigenvalue weighted by Crippen LogP contribution is 2.35. The molecule has 0 aliphatic carbocycles. The number of rotatable bonds is 4. The molecular formula is C15H14FNO3S2. The van der Waals surface area contributed by atoms with E-state index in [2.05, 4.69) is 0 Å². The number of amides is 1. The molecule has 22 heavy (non-hydrogen) atoms. The van der Waals surface area contributed by atoms with E-state index in [4.69, 9.17) is 12.2 Å². The van der Waals surface area contributed by atoms with Crippen molar-refractivity contribution in [3.63, 3.8) is 0 Å². The Balaban J connectivity index is 2.32. The van der Waals surface area contributed by atoms with Crippen LogP contribution in [0, 0.1) is 11.7 Å². The largest absolute Gasteiger partial charge is 0.480 e. The smallest absolute Gasteiger partial charge is 0.327 e. The average molecular weight is 339 g/mol. The van der Waals surface area contributed by atoms with Gasteiger partial charge in [-0.05, 0) is 29.7 Å². The summed E-state index contributed by atoms with van der Waals surface area (Å²) in [5.74, 6) is -2.16. The number of halogens is 1. The Morgan fingerprint density at radius 1 is 1.36 bits per heavy atom. The quantitative estimate of drug-likeness (QED) is 0.675. The number of carboxylic acids is 1. The van der Waals surface area contributed by atoms with Crippen molar-refractivity contribution in [3.05, 3.63) is 40.6 Å². The number of thioether (sulfide) groups is 1. The third-order valence-corrected chi connectivity index (χ3v) is 4.48. The number of carboxylic acid groups (broad SMARTS) is 1. The number of thiocarbonyl (C=S) groups is 1. The molecule has 1 N–H and O–H groups in total. The molecular weight excluding hydrogens is 325 g/mol. The van der Waals surface area contributed by atoms with Gasteiger partial charge in [0.05, 0.1) is 4.91 Å². The van der Waals surface area contributed by atoms with Crippen LogP contribution in [0.4, 0.5) is 4.39 Å². The topological polar surface area (TPSA) is 57.6 Å². The molecule has 0 bridgehead atoms. The Morgan fingerprint density at radius 3 is 2.45 bits per heavy atom. The van der Waals surface area contributed by atoms with Crippen LogP contribution in [0.25, 0.3) is 6.08 Å². The highest BCUT2D eigenvalue weighted by atomic mass is 32.2. The number of hydrogen-bond acceptors (Lipinski definition) is 4. The van der Waals surface area contributed by atoms with Crippen molar-refractivity contribution >= 4 is 46.3 Å². The number of aliphatic carboxylic acids is 1. The first-order chi connectivity index (χ1) is 10.3. The molecule has 1 aliphatic heterocycles. The zero-order valence-corrected chi connectivity index (χ0v) is 13.6. The zero-order valence-electron chi connectivity index (χ0n) is 11.9. The Bertz CT molecular complexity index is 655. The van der Waals surface area contributed by atoms with E-state index in [9.17, 15) is 19.1 Å². The number of carbonyl (C=O) groups excluding carboxylic acids is 1. The maximum absolute atomic E-state index is 12.9. The second kappa shape index (κ2) is 6.58. The summed E-state index contributed by atoms with van der Waals surface area (Å²) in [5, 5.41) is 9.32. The van der Waals surface area contributed by atoms with Gasteiger partial charge < -0.3 is 5.11 Å². The van der Waals surface area contributed by atoms with Crippen LogP contribution < -0.4 is 0 Å². The van der Waals surface area contributed by atoms with E-state index in [1.807, 2.05) is 0 Å². The van der Waals surface area contributed by atoms with E-state index < -0.39 is 17.9 Å². The summed E-state index contributed by atoms with van der Waals surface area (Å²) in [5.41, 5.74) is 0.651. The van der Waals surface area contributed by atoms with Crippen LogP contribution in [0.3, 0.4) is 0 Å². The van der Waals surface area contributed by atoms with E-state index in [0.29, 0.717) is 10.5 Å². The third-order valence-electron chi connectivity index (χ3n) is 3.15. The third kappa shape index (κ3) is 3.36. The summed E-state index contributed by atoms with van der Waals surface area (Å²) in [6, 6.07) is 4.67. The minimum absolute atomic E-state index is 0.222. The Labute approximate surface area is 137 Å². The van der Waals surface area contributed by atoms with Gasteiger partial charge in [0, 0.05) is 0 Å². The number of hydrogen-bond donors (Lipinski definition) is 1. The SMILES string of the molecule is CC(C)C(C(=O)O)N1C(=O)/C(=C\c2ccc(F)cc2)SC1=S. The summed E-state index contributed by atoms with van der Waals surface area (Å²) in [6.07, 6.45) is 1.58. The molecule has 1 heterocycles. The molecule has 1 amide bonds. The average Bonchev–Trinajstić information content (AvgIpc) is 2.69. The van der Waals surface area contributed by atoms with Crippen LogP contribution in [-0.4, -0.2) is 32.2 Å². The van der Waals surface area contributed by atoms with Crippen LogP contribution in [0.2, 0.25) is 0 Å². The lowest BCUT2D eigenvalue weighted by atomic mass is 10.0. The molecule has 2 rings (SSSR count). The Hall–Kier alpha value is -1.73. The molecule has 0 aromatic heterocycles. The number of carbonyl (C=O) groups is 2. The van der Waals surface area contributed by atoms with Gasteiger partial charge in [0.2, 0.25) is 0 Å². The molecule has 1 fully saturated rings. The zero-order chi connectivity index (χ0) is 16.4. The molecule has 7 heteroatoms. The van der Waals surface area contributed by atoms with Crippen LogP contribution in [0.1, 0.15) is 19.4 Å². The van der Waals surface area contributed by atoms with E-state index in [-0.39, 0.29) is 16.1 Å². The molecule has 1 aliphatic rings. The van der Waals surface area contributed by atoms with E-state index >= 15 is 0 Å². The first-order valence-electron chi connectivity index (χ1n) is 6.56. The summed E-state index contributed by atoms with van der Waals surface area (Å²) >= 11 is 6.21. The second-order valence-electron chi connectivity index (χ2n) is 5.13. The molecule has 4 nitrogen and oxygen atoms in total. The second-order valence-corrected chi connectivity index (χ2v) is 6.81. The Kier molecular flexibility index (Phi) is 4.97. The number of benzene rings is 1. The van der Waals surface area contributed by atoms with Gasteiger partial charge in [-0.15, -0.1) is 0 Å². The number of nitrogens with zero attached hydrogens (tertiary/aromatic N) is 1. The van der Waals surface area contributed by atoms with Gasteiger partial charge in [0.25, 0.3) is 5.91 Å². The van der Waals surface area contributed by atoms with Crippen molar-refractivity contribution in [1.29, 1.82) is 0 Å². The fraction of sp³-hybridized carbons (Fsp3) is 0.267. The van der Waals surface area contributed by atoms with Crippen molar-refractivity contribution in [2.45, 2.75) is 19.9 Å². The van der Waals surface area contributed by atoms with E-state index in [1.54, 1.807) is 32.1 Å². The fourth-order valence-corrected chi connectivity index (χ4v) is 3.45. The van der Waals surface area contributed by atoms with Crippen molar-refractivity contribution in [3.8, 4) is 0 Å². The van der Waals surface area contributed by atoms with Gasteiger partial charge in [-0.2, -0.15) is 0 Å². The van der Waals surface area contributed by atoms with Gasteiger partial charge >= 0.3 is 5.97 Å². The first-order valence-corrected chi connectivity index (χ1v) is 7.79. The summed E-state index contributed by atoms with van der Waals surface area (Å²) in [4.78, 5) is 25.3. The minimum Gasteiger partial charge on any atom is -0.480 e. The predicted molar refractivity (Wildman–Crippen MR) is 87.7 cm³/mol. The van der Waals surface area contributed by atoms with E-state index in [1.165, 1.54) is 12.1 Å². The standard InChI is InChI=1S/C15H14FNO3S2/c1-8(2)12(14(19)20)17-13(18)11(22-15(17)21)7-9-3-5-10(16)6-4-9/h3-8,12H,1-2H3,(H,19,20)/b11-7+. The van der Waals surface area contributed by atoms with Gasteiger partial charge in [-0.3, -0.25) is 9.69 Å². The van der Waals surface area contributed by atoms with Crippen molar-refractivity contribution in [2.75, 3.05) is 0 Å². The Morgan fingerprint density at radius 2 is 1.95 bits per heavy atom. The van der Waals surface area contributed by atoms with Crippen LogP contribution in [0.15, 0.2) is 29.2 Å². The molecule has 1 atom stereocenters. The maximum atomic E-state index is 12.9.